The van der Waals surface area contributed by atoms with Gasteiger partial charge in [0, 0.05) is 42.4 Å². The molecule has 7 nitrogen and oxygen atoms in total. The van der Waals surface area contributed by atoms with Crippen molar-refractivity contribution in [2.24, 2.45) is 7.05 Å². The van der Waals surface area contributed by atoms with E-state index in [-0.39, 0.29) is 24.1 Å². The molecule has 3 heterocycles. The monoisotopic (exact) mass is 352 g/mol. The van der Waals surface area contributed by atoms with Gasteiger partial charge in [-0.2, -0.15) is 9.49 Å². The van der Waals surface area contributed by atoms with Crippen LogP contribution in [0.25, 0.3) is 11.1 Å². The normalized spacial score (nSPS) is 16.6. The lowest BCUT2D eigenvalue weighted by Gasteiger charge is -2.25. The van der Waals surface area contributed by atoms with Crippen molar-refractivity contribution < 1.29 is 9.18 Å². The summed E-state index contributed by atoms with van der Waals surface area (Å²) < 4.78 is 15.9. The van der Waals surface area contributed by atoms with Crippen molar-refractivity contribution in [3.05, 3.63) is 53.1 Å². The molecule has 8 heteroatoms. The number of halogens is 1. The Hall–Kier alpha value is -3.16. The van der Waals surface area contributed by atoms with Crippen LogP contribution in [-0.2, 0) is 13.5 Å². The molecule has 0 fully saturated rings. The first-order valence-corrected chi connectivity index (χ1v) is 8.24. The first-order valence-electron chi connectivity index (χ1n) is 8.24. The lowest BCUT2D eigenvalue weighted by atomic mass is 9.81. The Morgan fingerprint density at radius 2 is 2.08 bits per heavy atom. The zero-order chi connectivity index (χ0) is 18.4. The van der Waals surface area contributed by atoms with E-state index in [1.807, 2.05) is 0 Å². The van der Waals surface area contributed by atoms with Gasteiger partial charge in [-0.05, 0) is 25.5 Å². The van der Waals surface area contributed by atoms with E-state index in [0.29, 0.717) is 34.5 Å². The van der Waals surface area contributed by atoms with Gasteiger partial charge in [-0.3, -0.25) is 9.48 Å². The van der Waals surface area contributed by atoms with Crippen LogP contribution in [0.5, 0.6) is 0 Å². The number of ketones is 1. The number of anilines is 1. The number of rotatable bonds is 2. The molecule has 4 rings (SSSR count). The molecule has 1 atom stereocenters. The average Bonchev–Trinajstić information content (AvgIpc) is 2.95. The number of nitrogens with two attached hydrogens (primary N) is 1. The maximum absolute atomic E-state index is 14.2. The number of hydrogen-bond acceptors (Lipinski definition) is 6. The second-order valence-electron chi connectivity index (χ2n) is 6.43. The molecule has 2 N–H and O–H groups in total. The van der Waals surface area contributed by atoms with Crippen molar-refractivity contribution in [3.63, 3.8) is 0 Å². The van der Waals surface area contributed by atoms with Crippen molar-refractivity contribution in [1.29, 1.82) is 0 Å². The number of aryl methyl sites for hydroxylation is 2. The van der Waals surface area contributed by atoms with Crippen molar-refractivity contribution in [2.45, 2.75) is 25.7 Å². The maximum Gasteiger partial charge on any atom is 0.220 e. The lowest BCUT2D eigenvalue weighted by molar-refractivity contribution is 0.0961. The Labute approximate surface area is 149 Å². The molecule has 132 valence electrons. The van der Waals surface area contributed by atoms with E-state index in [1.54, 1.807) is 37.0 Å². The number of fused-ring (bicyclic) bond motifs is 1. The van der Waals surface area contributed by atoms with Crippen molar-refractivity contribution >= 4 is 11.7 Å². The van der Waals surface area contributed by atoms with E-state index in [0.717, 1.165) is 5.69 Å². The van der Waals surface area contributed by atoms with Gasteiger partial charge in [0.25, 0.3) is 0 Å². The first kappa shape index (κ1) is 16.3. The summed E-state index contributed by atoms with van der Waals surface area (Å²) in [7, 11) is 1.78. The highest BCUT2D eigenvalue weighted by Crippen LogP contribution is 2.38. The second-order valence-corrected chi connectivity index (χ2v) is 6.43. The molecule has 1 aliphatic carbocycles. The predicted molar refractivity (Wildman–Crippen MR) is 93.0 cm³/mol. The van der Waals surface area contributed by atoms with Crippen LogP contribution in [0.3, 0.4) is 0 Å². The van der Waals surface area contributed by atoms with Crippen LogP contribution >= 0.6 is 0 Å². The SMILES string of the molecule is Cc1nc(N)nc2c1C(=O)CC(c1c(-c3cccnc3F)cnn1C)C2. The average molecular weight is 352 g/mol. The molecule has 3 aromatic rings. The third-order valence-corrected chi connectivity index (χ3v) is 4.75. The van der Waals surface area contributed by atoms with Crippen LogP contribution in [0.15, 0.2) is 24.5 Å². The summed E-state index contributed by atoms with van der Waals surface area (Å²) in [4.78, 5) is 24.8. The molecule has 26 heavy (non-hydrogen) atoms. The van der Waals surface area contributed by atoms with E-state index < -0.39 is 5.95 Å². The molecule has 3 aromatic heterocycles. The Balaban J connectivity index is 1.82. The van der Waals surface area contributed by atoms with Crippen LogP contribution < -0.4 is 5.73 Å². The summed E-state index contributed by atoms with van der Waals surface area (Å²) in [6, 6.07) is 3.33. The molecule has 0 amide bonds. The van der Waals surface area contributed by atoms with E-state index in [4.69, 9.17) is 5.73 Å². The fourth-order valence-corrected chi connectivity index (χ4v) is 3.72. The molecule has 1 unspecified atom stereocenters. The summed E-state index contributed by atoms with van der Waals surface area (Å²) in [6.07, 6.45) is 3.81. The number of pyridine rings is 1. The van der Waals surface area contributed by atoms with E-state index in [1.165, 1.54) is 6.20 Å². The number of carbonyl (C=O) groups is 1. The van der Waals surface area contributed by atoms with Crippen LogP contribution in [0.2, 0.25) is 0 Å². The van der Waals surface area contributed by atoms with Crippen LogP contribution in [-0.4, -0.2) is 30.5 Å². The number of aromatic nitrogens is 5. The minimum absolute atomic E-state index is 0.0347. The molecule has 0 bridgehead atoms. The molecule has 0 saturated carbocycles. The molecule has 1 aliphatic rings. The van der Waals surface area contributed by atoms with E-state index in [2.05, 4.69) is 20.1 Å². The minimum Gasteiger partial charge on any atom is -0.368 e. The molecular formula is C18H17FN6O. The van der Waals surface area contributed by atoms with Gasteiger partial charge in [-0.25, -0.2) is 15.0 Å². The van der Waals surface area contributed by atoms with Gasteiger partial charge in [-0.15, -0.1) is 0 Å². The van der Waals surface area contributed by atoms with Gasteiger partial charge in [0.2, 0.25) is 11.9 Å². The number of carbonyl (C=O) groups excluding carboxylic acids is 1. The molecule has 0 saturated heterocycles. The Morgan fingerprint density at radius 1 is 1.27 bits per heavy atom. The summed E-state index contributed by atoms with van der Waals surface area (Å²) in [5.41, 5.74) is 9.32. The highest BCUT2D eigenvalue weighted by Gasteiger charge is 2.33. The standard InChI is InChI=1S/C18H17FN6O/c1-9-15-13(24-18(20)23-9)6-10(7-14(15)26)16-12(8-22-25(16)2)11-4-3-5-21-17(11)19/h3-5,8,10H,6-7H2,1-2H3,(H2,20,23,24). The third-order valence-electron chi connectivity index (χ3n) is 4.75. The zero-order valence-corrected chi connectivity index (χ0v) is 14.4. The number of Topliss-reactive ketones (excluding diaryl/α,β-unsaturated/α-hetero) is 1. The van der Waals surface area contributed by atoms with E-state index in [9.17, 15) is 9.18 Å². The number of nitrogen functional groups attached to an aromatic ring is 1. The Bertz CT molecular complexity index is 1030. The van der Waals surface area contributed by atoms with Gasteiger partial charge in [-0.1, -0.05) is 0 Å². The first-order chi connectivity index (χ1) is 12.5. The Morgan fingerprint density at radius 3 is 2.85 bits per heavy atom. The second kappa shape index (κ2) is 5.98. The molecular weight excluding hydrogens is 335 g/mol. The van der Waals surface area contributed by atoms with Crippen molar-refractivity contribution in [3.8, 4) is 11.1 Å². The smallest absolute Gasteiger partial charge is 0.220 e. The third kappa shape index (κ3) is 2.54. The van der Waals surface area contributed by atoms with Crippen LogP contribution in [0, 0.1) is 12.9 Å². The molecule has 0 spiro atoms. The quantitative estimate of drug-likeness (QED) is 0.710. The zero-order valence-electron chi connectivity index (χ0n) is 14.4. The van der Waals surface area contributed by atoms with Crippen LogP contribution in [0.4, 0.5) is 10.3 Å². The molecule has 0 aliphatic heterocycles. The highest BCUT2D eigenvalue weighted by molar-refractivity contribution is 6.00. The van der Waals surface area contributed by atoms with Gasteiger partial charge in [0.1, 0.15) is 0 Å². The number of hydrogen-bond donors (Lipinski definition) is 1. The van der Waals surface area contributed by atoms with Gasteiger partial charge in [0.05, 0.1) is 23.1 Å². The topological polar surface area (TPSA) is 99.6 Å². The fourth-order valence-electron chi connectivity index (χ4n) is 3.72. The van der Waals surface area contributed by atoms with E-state index >= 15 is 0 Å². The van der Waals surface area contributed by atoms with Crippen molar-refractivity contribution in [2.75, 3.05) is 5.73 Å². The summed E-state index contributed by atoms with van der Waals surface area (Å²) >= 11 is 0. The summed E-state index contributed by atoms with van der Waals surface area (Å²) in [5, 5.41) is 4.28. The lowest BCUT2D eigenvalue weighted by Crippen LogP contribution is -2.24. The maximum atomic E-state index is 14.2. The summed E-state index contributed by atoms with van der Waals surface area (Å²) in [5.74, 6) is -0.622. The highest BCUT2D eigenvalue weighted by atomic mass is 19.1. The number of nitrogens with zero attached hydrogens (tertiary/aromatic N) is 5. The molecule has 0 aromatic carbocycles. The van der Waals surface area contributed by atoms with Gasteiger partial charge >= 0.3 is 0 Å². The fraction of sp³-hybridized carbons (Fsp3) is 0.278. The van der Waals surface area contributed by atoms with Crippen molar-refractivity contribution in [1.82, 2.24) is 24.7 Å². The largest absolute Gasteiger partial charge is 0.368 e. The predicted octanol–water partition coefficient (Wildman–Crippen LogP) is 2.21. The Kier molecular flexibility index (Phi) is 3.75. The summed E-state index contributed by atoms with van der Waals surface area (Å²) in [6.45, 7) is 1.76. The molecule has 0 radical (unpaired) electrons. The van der Waals surface area contributed by atoms with Gasteiger partial charge < -0.3 is 5.73 Å². The van der Waals surface area contributed by atoms with Crippen LogP contribution in [0.1, 0.15) is 39.8 Å². The minimum atomic E-state index is -0.563. The van der Waals surface area contributed by atoms with Gasteiger partial charge in [0.15, 0.2) is 5.78 Å².